The molecule has 7 heteroatoms. The molecule has 1 aromatic heterocycles. The molecule has 0 saturated carbocycles. The van der Waals surface area contributed by atoms with Gasteiger partial charge in [-0.2, -0.15) is 0 Å². The highest BCUT2D eigenvalue weighted by molar-refractivity contribution is 5.89. The van der Waals surface area contributed by atoms with Crippen LogP contribution < -0.4 is 11.1 Å². The van der Waals surface area contributed by atoms with E-state index in [2.05, 4.69) is 15.5 Å². The van der Waals surface area contributed by atoms with E-state index in [4.69, 9.17) is 10.2 Å². The van der Waals surface area contributed by atoms with E-state index >= 15 is 0 Å². The molecular weight excluding hydrogens is 184 g/mol. The Bertz CT molecular complexity index is 262. The first kappa shape index (κ1) is 10.9. The van der Waals surface area contributed by atoms with Gasteiger partial charge in [-0.3, -0.25) is 4.79 Å². The summed E-state index contributed by atoms with van der Waals surface area (Å²) in [5.41, 5.74) is 5.18. The monoisotopic (exact) mass is 192 g/mol. The van der Waals surface area contributed by atoms with Crippen molar-refractivity contribution in [3.05, 3.63) is 11.8 Å². The molecule has 0 aliphatic rings. The van der Waals surface area contributed by atoms with Crippen molar-refractivity contribution in [1.29, 1.82) is 0 Å². The predicted molar refractivity (Wildman–Crippen MR) is 42.8 cm³/mol. The summed E-state index contributed by atoms with van der Waals surface area (Å²) >= 11 is 0. The maximum atomic E-state index is 10.8. The highest BCUT2D eigenvalue weighted by Crippen LogP contribution is 1.96. The molecule has 0 aliphatic carbocycles. The molecular formula is C5H9ClN4O2. The first-order valence-corrected chi connectivity index (χ1v) is 3.02. The van der Waals surface area contributed by atoms with Gasteiger partial charge < -0.3 is 15.5 Å². The lowest BCUT2D eigenvalue weighted by molar-refractivity contribution is 0.0927. The van der Waals surface area contributed by atoms with Gasteiger partial charge in [-0.25, -0.2) is 0 Å². The third-order valence-corrected chi connectivity index (χ3v) is 1.06. The van der Waals surface area contributed by atoms with Gasteiger partial charge in [-0.1, -0.05) is 0 Å². The standard InChI is InChI=1S/C5H8N4O2.ClH/c1-7-4(10)5-9-8-3(2-6)11-5;/h2,6H2,1H3,(H,7,10);1H. The van der Waals surface area contributed by atoms with Crippen LogP contribution in [-0.2, 0) is 6.54 Å². The molecule has 0 bridgehead atoms. The van der Waals surface area contributed by atoms with Crippen LogP contribution in [-0.4, -0.2) is 23.2 Å². The molecule has 0 aromatic carbocycles. The first-order chi connectivity index (χ1) is 5.27. The molecule has 0 radical (unpaired) electrons. The van der Waals surface area contributed by atoms with Gasteiger partial charge in [-0.15, -0.1) is 22.6 Å². The molecule has 68 valence electrons. The van der Waals surface area contributed by atoms with Crippen LogP contribution in [0.5, 0.6) is 0 Å². The fraction of sp³-hybridized carbons (Fsp3) is 0.400. The molecule has 0 atom stereocenters. The quantitative estimate of drug-likeness (QED) is 0.647. The second kappa shape index (κ2) is 4.68. The van der Waals surface area contributed by atoms with Crippen LogP contribution in [0.25, 0.3) is 0 Å². The number of halogens is 1. The van der Waals surface area contributed by atoms with E-state index in [0.29, 0.717) is 0 Å². The van der Waals surface area contributed by atoms with E-state index in [1.54, 1.807) is 0 Å². The van der Waals surface area contributed by atoms with Gasteiger partial charge in [0.2, 0.25) is 5.89 Å². The molecule has 1 heterocycles. The lowest BCUT2D eigenvalue weighted by atomic mass is 10.6. The average molecular weight is 193 g/mol. The lowest BCUT2D eigenvalue weighted by Crippen LogP contribution is -2.18. The van der Waals surface area contributed by atoms with Gasteiger partial charge in [0, 0.05) is 7.05 Å². The third-order valence-electron chi connectivity index (χ3n) is 1.06. The molecule has 12 heavy (non-hydrogen) atoms. The molecule has 0 aliphatic heterocycles. The van der Waals surface area contributed by atoms with E-state index in [9.17, 15) is 4.79 Å². The number of nitrogens with two attached hydrogens (primary N) is 1. The van der Waals surface area contributed by atoms with E-state index in [1.165, 1.54) is 7.05 Å². The molecule has 6 nitrogen and oxygen atoms in total. The Kier molecular flexibility index (Phi) is 4.24. The van der Waals surface area contributed by atoms with Crippen molar-refractivity contribution in [2.75, 3.05) is 7.05 Å². The van der Waals surface area contributed by atoms with Crippen LogP contribution in [0.3, 0.4) is 0 Å². The molecule has 1 aromatic rings. The second-order valence-corrected chi connectivity index (χ2v) is 1.78. The number of nitrogens with zero attached hydrogens (tertiary/aromatic N) is 2. The van der Waals surface area contributed by atoms with Crippen molar-refractivity contribution in [3.63, 3.8) is 0 Å². The zero-order valence-electron chi connectivity index (χ0n) is 6.40. The number of hydrogen-bond acceptors (Lipinski definition) is 5. The number of aromatic nitrogens is 2. The Morgan fingerprint density at radius 1 is 1.67 bits per heavy atom. The zero-order chi connectivity index (χ0) is 8.27. The summed E-state index contributed by atoms with van der Waals surface area (Å²) in [6.07, 6.45) is 0. The summed E-state index contributed by atoms with van der Waals surface area (Å²) in [5, 5.41) is 9.29. The summed E-state index contributed by atoms with van der Waals surface area (Å²) < 4.78 is 4.83. The average Bonchev–Trinajstić information content (AvgIpc) is 2.50. The summed E-state index contributed by atoms with van der Waals surface area (Å²) in [7, 11) is 1.48. The normalized spacial score (nSPS) is 8.83. The van der Waals surface area contributed by atoms with Gasteiger partial charge in [0.05, 0.1) is 6.54 Å². The molecule has 1 rings (SSSR count). The molecule has 0 spiro atoms. The number of rotatable bonds is 2. The van der Waals surface area contributed by atoms with Crippen molar-refractivity contribution >= 4 is 18.3 Å². The topological polar surface area (TPSA) is 94.0 Å². The minimum absolute atomic E-state index is 0. The summed E-state index contributed by atoms with van der Waals surface area (Å²) in [6, 6.07) is 0. The minimum atomic E-state index is -0.405. The highest BCUT2D eigenvalue weighted by Gasteiger charge is 2.10. The van der Waals surface area contributed by atoms with Gasteiger partial charge in [0.15, 0.2) is 0 Å². The van der Waals surface area contributed by atoms with Gasteiger partial charge in [0.1, 0.15) is 0 Å². The number of hydrogen-bond donors (Lipinski definition) is 2. The Balaban J connectivity index is 0.00000121. The van der Waals surface area contributed by atoms with Crippen LogP contribution in [0.1, 0.15) is 16.6 Å². The molecule has 1 amide bonds. The van der Waals surface area contributed by atoms with Crippen molar-refractivity contribution in [2.45, 2.75) is 6.54 Å². The summed E-state index contributed by atoms with van der Waals surface area (Å²) in [4.78, 5) is 10.8. The number of amides is 1. The number of carbonyl (C=O) groups is 1. The van der Waals surface area contributed by atoms with Crippen molar-refractivity contribution in [1.82, 2.24) is 15.5 Å². The molecule has 0 saturated heterocycles. The lowest BCUT2D eigenvalue weighted by Gasteiger charge is -1.88. The van der Waals surface area contributed by atoms with E-state index in [0.717, 1.165) is 0 Å². The fourth-order valence-electron chi connectivity index (χ4n) is 0.535. The smallest absolute Gasteiger partial charge is 0.308 e. The highest BCUT2D eigenvalue weighted by atomic mass is 35.5. The Labute approximate surface area is 74.9 Å². The van der Waals surface area contributed by atoms with Crippen molar-refractivity contribution < 1.29 is 9.21 Å². The van der Waals surface area contributed by atoms with Gasteiger partial charge >= 0.3 is 11.8 Å². The molecule has 0 unspecified atom stereocenters. The Hall–Kier alpha value is -1.14. The number of nitrogens with one attached hydrogen (secondary N) is 1. The molecule has 0 fully saturated rings. The van der Waals surface area contributed by atoms with Crippen molar-refractivity contribution in [3.8, 4) is 0 Å². The maximum Gasteiger partial charge on any atom is 0.308 e. The third kappa shape index (κ3) is 2.18. The van der Waals surface area contributed by atoms with Crippen LogP contribution in [0.15, 0.2) is 4.42 Å². The van der Waals surface area contributed by atoms with E-state index in [-0.39, 0.29) is 30.7 Å². The van der Waals surface area contributed by atoms with Crippen LogP contribution in [0, 0.1) is 0 Å². The number of carbonyl (C=O) groups excluding carboxylic acids is 1. The Morgan fingerprint density at radius 2 is 2.33 bits per heavy atom. The van der Waals surface area contributed by atoms with E-state index < -0.39 is 5.91 Å². The van der Waals surface area contributed by atoms with Crippen LogP contribution in [0.4, 0.5) is 0 Å². The Morgan fingerprint density at radius 3 is 2.75 bits per heavy atom. The largest absolute Gasteiger partial charge is 0.416 e. The van der Waals surface area contributed by atoms with Crippen molar-refractivity contribution in [2.24, 2.45) is 5.73 Å². The van der Waals surface area contributed by atoms with Gasteiger partial charge in [-0.05, 0) is 0 Å². The summed E-state index contributed by atoms with van der Waals surface area (Å²) in [6.45, 7) is 0.143. The van der Waals surface area contributed by atoms with Gasteiger partial charge in [0.25, 0.3) is 0 Å². The fourth-order valence-corrected chi connectivity index (χ4v) is 0.535. The predicted octanol–water partition coefficient (Wildman–Crippen LogP) is -0.690. The minimum Gasteiger partial charge on any atom is -0.416 e. The maximum absolute atomic E-state index is 10.8. The first-order valence-electron chi connectivity index (χ1n) is 3.02. The second-order valence-electron chi connectivity index (χ2n) is 1.78. The van der Waals surface area contributed by atoms with Crippen LogP contribution in [0.2, 0.25) is 0 Å². The zero-order valence-corrected chi connectivity index (χ0v) is 7.22. The van der Waals surface area contributed by atoms with E-state index in [1.807, 2.05) is 0 Å². The summed E-state index contributed by atoms with van der Waals surface area (Å²) in [5.74, 6) is -0.214. The molecule has 3 N–H and O–H groups in total. The SMILES string of the molecule is CNC(=O)c1nnc(CN)o1.Cl. The van der Waals surface area contributed by atoms with Crippen LogP contribution >= 0.6 is 12.4 Å².